The SMILES string of the molecule is CC(C)(Nc1nc2ccccc2o1)C(=O)O. The quantitative estimate of drug-likeness (QED) is 0.828. The number of carboxylic acid groups (broad SMARTS) is 1. The standard InChI is InChI=1S/C11H12N2O3/c1-11(2,9(14)15)13-10-12-7-5-3-4-6-8(7)16-10/h3-6H,1-2H3,(H,12,13)(H,14,15). The van der Waals surface area contributed by atoms with Crippen LogP contribution in [-0.4, -0.2) is 21.6 Å². The predicted molar refractivity (Wildman–Crippen MR) is 59.3 cm³/mol. The number of para-hydroxylation sites is 2. The van der Waals surface area contributed by atoms with Gasteiger partial charge in [-0.2, -0.15) is 4.98 Å². The molecule has 1 aromatic heterocycles. The Balaban J connectivity index is 2.32. The van der Waals surface area contributed by atoms with E-state index < -0.39 is 11.5 Å². The highest BCUT2D eigenvalue weighted by Crippen LogP contribution is 2.21. The molecule has 0 saturated carbocycles. The molecule has 0 aliphatic carbocycles. The van der Waals surface area contributed by atoms with Crippen molar-refractivity contribution in [1.29, 1.82) is 0 Å². The number of carboxylic acids is 1. The van der Waals surface area contributed by atoms with E-state index in [1.165, 1.54) is 0 Å². The third-order valence-corrected chi connectivity index (χ3v) is 2.25. The molecule has 1 heterocycles. The number of fused-ring (bicyclic) bond motifs is 1. The maximum absolute atomic E-state index is 10.9. The zero-order chi connectivity index (χ0) is 11.8. The Morgan fingerprint density at radius 2 is 2.12 bits per heavy atom. The Bertz CT molecular complexity index is 498. The molecule has 0 spiro atoms. The van der Waals surface area contributed by atoms with Crippen LogP contribution in [0.3, 0.4) is 0 Å². The molecule has 0 atom stereocenters. The van der Waals surface area contributed by atoms with E-state index in [0.717, 1.165) is 0 Å². The van der Waals surface area contributed by atoms with Crippen LogP contribution < -0.4 is 5.32 Å². The highest BCUT2D eigenvalue weighted by atomic mass is 16.4. The van der Waals surface area contributed by atoms with Gasteiger partial charge in [-0.3, -0.25) is 0 Å². The lowest BCUT2D eigenvalue weighted by Crippen LogP contribution is -2.40. The summed E-state index contributed by atoms with van der Waals surface area (Å²) in [5.74, 6) is -0.963. The first-order chi connectivity index (χ1) is 7.49. The van der Waals surface area contributed by atoms with Crippen LogP contribution >= 0.6 is 0 Å². The zero-order valence-corrected chi connectivity index (χ0v) is 9.02. The van der Waals surface area contributed by atoms with Gasteiger partial charge in [0, 0.05) is 0 Å². The summed E-state index contributed by atoms with van der Waals surface area (Å²) in [6.45, 7) is 3.09. The van der Waals surface area contributed by atoms with Crippen molar-refractivity contribution in [2.24, 2.45) is 0 Å². The van der Waals surface area contributed by atoms with E-state index in [1.54, 1.807) is 26.0 Å². The van der Waals surface area contributed by atoms with Gasteiger partial charge >= 0.3 is 5.97 Å². The molecule has 1 aromatic carbocycles. The second-order valence-corrected chi connectivity index (χ2v) is 4.04. The van der Waals surface area contributed by atoms with Crippen LogP contribution in [0.5, 0.6) is 0 Å². The average Bonchev–Trinajstić information content (AvgIpc) is 2.58. The monoisotopic (exact) mass is 220 g/mol. The smallest absolute Gasteiger partial charge is 0.328 e. The van der Waals surface area contributed by atoms with Gasteiger partial charge in [0.05, 0.1) is 0 Å². The summed E-state index contributed by atoms with van der Waals surface area (Å²) >= 11 is 0. The second kappa shape index (κ2) is 3.52. The average molecular weight is 220 g/mol. The van der Waals surface area contributed by atoms with Crippen LogP contribution in [0, 0.1) is 0 Å². The van der Waals surface area contributed by atoms with E-state index in [2.05, 4.69) is 10.3 Å². The topological polar surface area (TPSA) is 75.4 Å². The number of nitrogens with zero attached hydrogens (tertiary/aromatic N) is 1. The highest BCUT2D eigenvalue weighted by Gasteiger charge is 2.28. The molecule has 0 aliphatic rings. The van der Waals surface area contributed by atoms with Crippen molar-refractivity contribution >= 4 is 23.1 Å². The number of benzene rings is 1. The highest BCUT2D eigenvalue weighted by molar-refractivity contribution is 5.81. The lowest BCUT2D eigenvalue weighted by molar-refractivity contribution is -0.141. The van der Waals surface area contributed by atoms with Gasteiger partial charge < -0.3 is 14.8 Å². The van der Waals surface area contributed by atoms with Gasteiger partial charge in [-0.1, -0.05) is 12.1 Å². The molecule has 0 amide bonds. The molecule has 0 fully saturated rings. The minimum Gasteiger partial charge on any atom is -0.480 e. The number of hydrogen-bond donors (Lipinski definition) is 2. The summed E-state index contributed by atoms with van der Waals surface area (Å²) < 4.78 is 5.37. The summed E-state index contributed by atoms with van der Waals surface area (Å²) in [5.41, 5.74) is 0.221. The lowest BCUT2D eigenvalue weighted by Gasteiger charge is -2.18. The third-order valence-electron chi connectivity index (χ3n) is 2.25. The van der Waals surface area contributed by atoms with E-state index in [0.29, 0.717) is 11.1 Å². The van der Waals surface area contributed by atoms with Crippen molar-refractivity contribution < 1.29 is 14.3 Å². The Morgan fingerprint density at radius 1 is 1.44 bits per heavy atom. The van der Waals surface area contributed by atoms with Crippen molar-refractivity contribution in [2.75, 3.05) is 5.32 Å². The molecule has 0 bridgehead atoms. The number of oxazole rings is 1. The van der Waals surface area contributed by atoms with E-state index in [1.807, 2.05) is 12.1 Å². The van der Waals surface area contributed by atoms with E-state index in [-0.39, 0.29) is 6.01 Å². The van der Waals surface area contributed by atoms with Crippen LogP contribution in [0.4, 0.5) is 6.01 Å². The van der Waals surface area contributed by atoms with Crippen LogP contribution in [0.1, 0.15) is 13.8 Å². The number of anilines is 1. The summed E-state index contributed by atoms with van der Waals surface area (Å²) in [6, 6.07) is 7.48. The van der Waals surface area contributed by atoms with Gasteiger partial charge in [-0.25, -0.2) is 4.79 Å². The summed E-state index contributed by atoms with van der Waals surface area (Å²) in [6.07, 6.45) is 0. The Labute approximate surface area is 92.1 Å². The van der Waals surface area contributed by atoms with Crippen LogP contribution in [0.2, 0.25) is 0 Å². The number of aromatic nitrogens is 1. The second-order valence-electron chi connectivity index (χ2n) is 4.04. The number of aliphatic carboxylic acids is 1. The lowest BCUT2D eigenvalue weighted by atomic mass is 10.1. The zero-order valence-electron chi connectivity index (χ0n) is 9.02. The minimum absolute atomic E-state index is 0.216. The molecule has 2 aromatic rings. The van der Waals surface area contributed by atoms with E-state index in [4.69, 9.17) is 9.52 Å². The van der Waals surface area contributed by atoms with Gasteiger partial charge in [0.25, 0.3) is 6.01 Å². The number of rotatable bonds is 3. The van der Waals surface area contributed by atoms with Crippen molar-refractivity contribution in [3.05, 3.63) is 24.3 Å². The van der Waals surface area contributed by atoms with Crippen molar-refractivity contribution in [2.45, 2.75) is 19.4 Å². The number of carbonyl (C=O) groups is 1. The molecule has 84 valence electrons. The van der Waals surface area contributed by atoms with Crippen LogP contribution in [-0.2, 0) is 4.79 Å². The van der Waals surface area contributed by atoms with Gasteiger partial charge in [0.1, 0.15) is 11.1 Å². The molecular formula is C11H12N2O3. The van der Waals surface area contributed by atoms with Gasteiger partial charge in [-0.15, -0.1) is 0 Å². The molecular weight excluding hydrogens is 208 g/mol. The van der Waals surface area contributed by atoms with Gasteiger partial charge in [0.15, 0.2) is 5.58 Å². The molecule has 0 unspecified atom stereocenters. The van der Waals surface area contributed by atoms with Crippen molar-refractivity contribution in [3.63, 3.8) is 0 Å². The van der Waals surface area contributed by atoms with Crippen LogP contribution in [0.25, 0.3) is 11.1 Å². The molecule has 0 saturated heterocycles. The summed E-state index contributed by atoms with van der Waals surface area (Å²) in [5, 5.41) is 11.7. The molecule has 0 aliphatic heterocycles. The molecule has 5 heteroatoms. The van der Waals surface area contributed by atoms with Crippen molar-refractivity contribution in [3.8, 4) is 0 Å². The van der Waals surface area contributed by atoms with E-state index in [9.17, 15) is 4.79 Å². The van der Waals surface area contributed by atoms with Gasteiger partial charge in [0.2, 0.25) is 0 Å². The maximum Gasteiger partial charge on any atom is 0.328 e. The van der Waals surface area contributed by atoms with Crippen molar-refractivity contribution in [1.82, 2.24) is 4.98 Å². The molecule has 2 rings (SSSR count). The Hall–Kier alpha value is -2.04. The molecule has 2 N–H and O–H groups in total. The normalized spacial score (nSPS) is 11.6. The van der Waals surface area contributed by atoms with Gasteiger partial charge in [-0.05, 0) is 26.0 Å². The maximum atomic E-state index is 10.9. The minimum atomic E-state index is -1.11. The Morgan fingerprint density at radius 3 is 2.75 bits per heavy atom. The largest absolute Gasteiger partial charge is 0.480 e. The Kier molecular flexibility index (Phi) is 2.30. The summed E-state index contributed by atoms with van der Waals surface area (Å²) in [7, 11) is 0. The molecule has 0 radical (unpaired) electrons. The number of nitrogens with one attached hydrogen (secondary N) is 1. The number of hydrogen-bond acceptors (Lipinski definition) is 4. The molecule has 16 heavy (non-hydrogen) atoms. The first kappa shape index (κ1) is 10.5. The van der Waals surface area contributed by atoms with E-state index >= 15 is 0 Å². The first-order valence-corrected chi connectivity index (χ1v) is 4.86. The fourth-order valence-electron chi connectivity index (χ4n) is 1.25. The van der Waals surface area contributed by atoms with Crippen LogP contribution in [0.15, 0.2) is 28.7 Å². The predicted octanol–water partition coefficient (Wildman–Crippen LogP) is 2.10. The fraction of sp³-hybridized carbons (Fsp3) is 0.273. The fourth-order valence-corrected chi connectivity index (χ4v) is 1.25. The first-order valence-electron chi connectivity index (χ1n) is 4.86. The molecule has 5 nitrogen and oxygen atoms in total. The third kappa shape index (κ3) is 1.84. The summed E-state index contributed by atoms with van der Waals surface area (Å²) in [4.78, 5) is 15.0.